The molecule has 0 saturated heterocycles. The van der Waals surface area contributed by atoms with E-state index in [1.807, 2.05) is 6.92 Å². The normalized spacial score (nSPS) is 11.5. The fourth-order valence-corrected chi connectivity index (χ4v) is 2.63. The third kappa shape index (κ3) is 5.14. The largest absolute Gasteiger partial charge is 0.406 e. The molecule has 1 aromatic rings. The van der Waals surface area contributed by atoms with Gasteiger partial charge in [0.05, 0.1) is 5.56 Å². The van der Waals surface area contributed by atoms with Crippen molar-refractivity contribution >= 4 is 37.8 Å². The molecule has 106 valence electrons. The van der Waals surface area contributed by atoms with Gasteiger partial charge < -0.3 is 4.90 Å². The number of hydrogen-bond acceptors (Lipinski definition) is 1. The van der Waals surface area contributed by atoms with Crippen LogP contribution in [-0.2, 0) is 0 Å². The molecule has 2 nitrogen and oxygen atoms in total. The third-order valence-corrected chi connectivity index (χ3v) is 3.38. The van der Waals surface area contributed by atoms with E-state index in [0.717, 1.165) is 10.5 Å². The van der Waals surface area contributed by atoms with Gasteiger partial charge in [-0.1, -0.05) is 22.0 Å². The van der Waals surface area contributed by atoms with Crippen LogP contribution in [0.4, 0.5) is 13.2 Å². The van der Waals surface area contributed by atoms with E-state index >= 15 is 0 Å². The molecule has 0 radical (unpaired) electrons. The molecule has 0 bridgehead atoms. The van der Waals surface area contributed by atoms with Crippen molar-refractivity contribution in [2.75, 3.05) is 18.4 Å². The minimum absolute atomic E-state index is 0.00133. The van der Waals surface area contributed by atoms with Gasteiger partial charge in [0, 0.05) is 16.3 Å². The van der Waals surface area contributed by atoms with Gasteiger partial charge in [0.1, 0.15) is 6.54 Å². The Balaban J connectivity index is 2.99. The number of nitrogens with zero attached hydrogens (tertiary/aromatic N) is 1. The molecule has 0 N–H and O–H groups in total. The lowest BCUT2D eigenvalue weighted by molar-refractivity contribution is -0.140. The van der Waals surface area contributed by atoms with Gasteiger partial charge in [-0.15, -0.1) is 0 Å². The molecule has 0 aliphatic rings. The Labute approximate surface area is 126 Å². The quantitative estimate of drug-likeness (QED) is 0.692. The molecule has 0 aliphatic carbocycles. The number of carbonyl (C=O) groups excluding carboxylic acids is 1. The summed E-state index contributed by atoms with van der Waals surface area (Å²) in [5.41, 5.74) is 1.15. The van der Waals surface area contributed by atoms with Gasteiger partial charge >= 0.3 is 6.18 Å². The van der Waals surface area contributed by atoms with E-state index < -0.39 is 18.6 Å². The van der Waals surface area contributed by atoms with Crippen molar-refractivity contribution in [3.8, 4) is 0 Å². The van der Waals surface area contributed by atoms with Crippen molar-refractivity contribution in [1.82, 2.24) is 4.90 Å². The Morgan fingerprint density at radius 1 is 1.37 bits per heavy atom. The van der Waals surface area contributed by atoms with Crippen LogP contribution in [0.15, 0.2) is 22.7 Å². The summed E-state index contributed by atoms with van der Waals surface area (Å²) in [5.74, 6) is -0.636. The van der Waals surface area contributed by atoms with Crippen LogP contribution in [0.5, 0.6) is 0 Å². The first-order valence-electron chi connectivity index (χ1n) is 5.42. The van der Waals surface area contributed by atoms with Crippen molar-refractivity contribution in [2.24, 2.45) is 0 Å². The molecule has 7 heteroatoms. The highest BCUT2D eigenvalue weighted by Gasteiger charge is 2.33. The minimum atomic E-state index is -4.41. The van der Waals surface area contributed by atoms with Crippen molar-refractivity contribution in [3.05, 3.63) is 33.8 Å². The highest BCUT2D eigenvalue weighted by atomic mass is 79.9. The van der Waals surface area contributed by atoms with Crippen LogP contribution in [0, 0.1) is 6.92 Å². The Morgan fingerprint density at radius 2 is 2.00 bits per heavy atom. The first-order valence-corrected chi connectivity index (χ1v) is 7.34. The van der Waals surface area contributed by atoms with E-state index in [0.29, 0.717) is 4.47 Å². The maximum Gasteiger partial charge on any atom is 0.406 e. The topological polar surface area (TPSA) is 20.3 Å². The van der Waals surface area contributed by atoms with Crippen LogP contribution in [0.25, 0.3) is 0 Å². The zero-order valence-electron chi connectivity index (χ0n) is 10.1. The number of rotatable bonds is 4. The number of alkyl halides is 4. The molecule has 0 spiro atoms. The van der Waals surface area contributed by atoms with E-state index in [2.05, 4.69) is 31.9 Å². The lowest BCUT2D eigenvalue weighted by Crippen LogP contribution is -2.40. The van der Waals surface area contributed by atoms with Gasteiger partial charge in [0.15, 0.2) is 0 Å². The van der Waals surface area contributed by atoms with E-state index in [4.69, 9.17) is 0 Å². The summed E-state index contributed by atoms with van der Waals surface area (Å²) < 4.78 is 37.8. The lowest BCUT2D eigenvalue weighted by Gasteiger charge is -2.23. The standard InChI is InChI=1S/C12H12Br2F3NO/c1-8-2-3-9(10(14)6-8)11(19)18(5-4-13)7-12(15,16)17/h2-3,6H,4-5,7H2,1H3. The van der Waals surface area contributed by atoms with Gasteiger partial charge in [0.2, 0.25) is 0 Å². The van der Waals surface area contributed by atoms with Crippen molar-refractivity contribution in [2.45, 2.75) is 13.1 Å². The average molecular weight is 403 g/mol. The Morgan fingerprint density at radius 3 is 2.47 bits per heavy atom. The fraction of sp³-hybridized carbons (Fsp3) is 0.417. The molecule has 0 unspecified atom stereocenters. The highest BCUT2D eigenvalue weighted by Crippen LogP contribution is 2.23. The van der Waals surface area contributed by atoms with Gasteiger partial charge in [-0.2, -0.15) is 13.2 Å². The van der Waals surface area contributed by atoms with Crippen molar-refractivity contribution in [3.63, 3.8) is 0 Å². The maximum absolute atomic E-state index is 12.4. The minimum Gasteiger partial charge on any atom is -0.329 e. The predicted molar refractivity (Wildman–Crippen MR) is 74.6 cm³/mol. The summed E-state index contributed by atoms with van der Waals surface area (Å²) in [5, 5.41) is 0.290. The van der Waals surface area contributed by atoms with Crippen LogP contribution >= 0.6 is 31.9 Å². The second kappa shape index (κ2) is 6.74. The second-order valence-electron chi connectivity index (χ2n) is 4.01. The molecule has 0 fully saturated rings. The number of hydrogen-bond donors (Lipinski definition) is 0. The second-order valence-corrected chi connectivity index (χ2v) is 5.66. The lowest BCUT2D eigenvalue weighted by atomic mass is 10.1. The number of aryl methyl sites for hydroxylation is 1. The van der Waals surface area contributed by atoms with Crippen molar-refractivity contribution < 1.29 is 18.0 Å². The molecule has 0 aliphatic heterocycles. The monoisotopic (exact) mass is 401 g/mol. The van der Waals surface area contributed by atoms with Gasteiger partial charge in [-0.25, -0.2) is 0 Å². The SMILES string of the molecule is Cc1ccc(C(=O)N(CCBr)CC(F)(F)F)c(Br)c1. The number of benzene rings is 1. The highest BCUT2D eigenvalue weighted by molar-refractivity contribution is 9.10. The summed E-state index contributed by atoms with van der Waals surface area (Å²) in [6.45, 7) is 0.585. The van der Waals surface area contributed by atoms with Crippen LogP contribution in [0.2, 0.25) is 0 Å². The summed E-state index contributed by atoms with van der Waals surface area (Å²) in [6.07, 6.45) is -4.41. The summed E-state index contributed by atoms with van der Waals surface area (Å²) in [4.78, 5) is 12.9. The van der Waals surface area contributed by atoms with Crippen LogP contribution in [-0.4, -0.2) is 35.4 Å². The van der Waals surface area contributed by atoms with Gasteiger partial charge in [-0.3, -0.25) is 4.79 Å². The van der Waals surface area contributed by atoms with Gasteiger partial charge in [-0.05, 0) is 40.5 Å². The molecule has 0 saturated carbocycles. The first-order chi connectivity index (χ1) is 8.74. The van der Waals surface area contributed by atoms with E-state index in [9.17, 15) is 18.0 Å². The summed E-state index contributed by atoms with van der Waals surface area (Å²) >= 11 is 6.26. The Bertz CT molecular complexity index is 463. The molecule has 1 amide bonds. The molecule has 1 rings (SSSR count). The number of halogens is 5. The molecule has 0 heterocycles. The zero-order valence-corrected chi connectivity index (χ0v) is 13.3. The molecular weight excluding hydrogens is 391 g/mol. The van der Waals surface area contributed by atoms with Crippen LogP contribution < -0.4 is 0 Å². The van der Waals surface area contributed by atoms with Gasteiger partial charge in [0.25, 0.3) is 5.91 Å². The number of amides is 1. The third-order valence-electron chi connectivity index (χ3n) is 2.37. The van der Waals surface area contributed by atoms with E-state index in [1.54, 1.807) is 12.1 Å². The first kappa shape index (κ1) is 16.5. The molecular formula is C12H12Br2F3NO. The smallest absolute Gasteiger partial charge is 0.329 e. The van der Waals surface area contributed by atoms with E-state index in [-0.39, 0.29) is 17.4 Å². The number of carbonyl (C=O) groups is 1. The molecule has 0 aromatic heterocycles. The van der Waals surface area contributed by atoms with E-state index in [1.165, 1.54) is 6.07 Å². The average Bonchev–Trinajstić information content (AvgIpc) is 2.26. The Hall–Kier alpha value is -0.560. The maximum atomic E-state index is 12.4. The molecule has 19 heavy (non-hydrogen) atoms. The summed E-state index contributed by atoms with van der Waals surface area (Å²) in [7, 11) is 0. The fourth-order valence-electron chi connectivity index (χ4n) is 1.53. The summed E-state index contributed by atoms with van der Waals surface area (Å²) in [6, 6.07) is 4.92. The van der Waals surface area contributed by atoms with Crippen LogP contribution in [0.3, 0.4) is 0 Å². The zero-order chi connectivity index (χ0) is 14.6. The molecule has 0 atom stereocenters. The predicted octanol–water partition coefficient (Wildman–Crippen LogP) is 4.16. The molecule has 1 aromatic carbocycles. The Kier molecular flexibility index (Phi) is 5.85. The van der Waals surface area contributed by atoms with Crippen LogP contribution in [0.1, 0.15) is 15.9 Å². The van der Waals surface area contributed by atoms with Crippen molar-refractivity contribution in [1.29, 1.82) is 0 Å².